The maximum absolute atomic E-state index is 13.1. The summed E-state index contributed by atoms with van der Waals surface area (Å²) < 4.78 is 1.65. The fourth-order valence-corrected chi connectivity index (χ4v) is 3.19. The van der Waals surface area contributed by atoms with Crippen molar-refractivity contribution in [3.05, 3.63) is 65.7 Å². The number of pyridine rings is 1. The molecule has 2 aromatic heterocycles. The summed E-state index contributed by atoms with van der Waals surface area (Å²) in [6.45, 7) is 12.0. The summed E-state index contributed by atoms with van der Waals surface area (Å²) in [7, 11) is 0. The van der Waals surface area contributed by atoms with Crippen molar-refractivity contribution in [1.29, 1.82) is 0 Å². The number of hydrogen-bond donors (Lipinski definition) is 2. The molecule has 0 unspecified atom stereocenters. The standard InChI is InChI=1S/C23H28N4O2/c1-22(2,3)15-11-7-8-12-16(15)24-21(29)19-25-18(20(28)26-23(4,5)6)17-13-9-10-14-27(17)19/h7-14H,1-6H3,(H,24,29)(H,26,28). The van der Waals surface area contributed by atoms with Crippen LogP contribution in [0.1, 0.15) is 68.2 Å². The fourth-order valence-electron chi connectivity index (χ4n) is 3.19. The van der Waals surface area contributed by atoms with Gasteiger partial charge >= 0.3 is 0 Å². The van der Waals surface area contributed by atoms with Gasteiger partial charge in [0.15, 0.2) is 5.69 Å². The Morgan fingerprint density at radius 3 is 2.21 bits per heavy atom. The van der Waals surface area contributed by atoms with E-state index in [0.29, 0.717) is 5.52 Å². The molecule has 6 nitrogen and oxygen atoms in total. The number of aromatic nitrogens is 2. The van der Waals surface area contributed by atoms with Crippen molar-refractivity contribution < 1.29 is 9.59 Å². The highest BCUT2D eigenvalue weighted by atomic mass is 16.2. The molecule has 0 atom stereocenters. The van der Waals surface area contributed by atoms with E-state index in [1.807, 2.05) is 51.1 Å². The number of nitrogens with zero attached hydrogens (tertiary/aromatic N) is 2. The van der Waals surface area contributed by atoms with E-state index in [0.717, 1.165) is 11.3 Å². The van der Waals surface area contributed by atoms with E-state index >= 15 is 0 Å². The Bertz CT molecular complexity index is 1070. The summed E-state index contributed by atoms with van der Waals surface area (Å²) in [6.07, 6.45) is 1.74. The van der Waals surface area contributed by atoms with Crippen molar-refractivity contribution in [2.24, 2.45) is 0 Å². The molecule has 0 fully saturated rings. The molecule has 0 saturated carbocycles. The zero-order valence-electron chi connectivity index (χ0n) is 17.8. The number of fused-ring (bicyclic) bond motifs is 1. The Morgan fingerprint density at radius 1 is 0.897 bits per heavy atom. The van der Waals surface area contributed by atoms with E-state index < -0.39 is 5.54 Å². The van der Waals surface area contributed by atoms with Gasteiger partial charge in [0.2, 0.25) is 5.82 Å². The predicted molar refractivity (Wildman–Crippen MR) is 116 cm³/mol. The van der Waals surface area contributed by atoms with Crippen LogP contribution in [0.25, 0.3) is 5.52 Å². The molecule has 0 aliphatic rings. The van der Waals surface area contributed by atoms with Crippen LogP contribution in [0, 0.1) is 0 Å². The highest BCUT2D eigenvalue weighted by Gasteiger charge is 2.25. The third-order valence-electron chi connectivity index (χ3n) is 4.44. The van der Waals surface area contributed by atoms with E-state index in [9.17, 15) is 9.59 Å². The van der Waals surface area contributed by atoms with Gasteiger partial charge in [0.25, 0.3) is 11.8 Å². The topological polar surface area (TPSA) is 75.5 Å². The first-order valence-electron chi connectivity index (χ1n) is 9.68. The summed E-state index contributed by atoms with van der Waals surface area (Å²) in [5, 5.41) is 5.88. The number of imidazole rings is 1. The van der Waals surface area contributed by atoms with Crippen LogP contribution in [0.15, 0.2) is 48.7 Å². The van der Waals surface area contributed by atoms with Gasteiger partial charge in [0, 0.05) is 17.4 Å². The molecule has 6 heteroatoms. The number of carbonyl (C=O) groups excluding carboxylic acids is 2. The number of para-hydroxylation sites is 1. The molecule has 152 valence electrons. The number of carbonyl (C=O) groups is 2. The van der Waals surface area contributed by atoms with Crippen LogP contribution >= 0.6 is 0 Å². The molecule has 0 spiro atoms. The van der Waals surface area contributed by atoms with Gasteiger partial charge in [0.05, 0.1) is 5.52 Å². The SMILES string of the molecule is CC(C)(C)NC(=O)c1nc(C(=O)Nc2ccccc2C(C)(C)C)n2ccccc12. The molecule has 2 amide bonds. The van der Waals surface area contributed by atoms with Crippen LogP contribution < -0.4 is 10.6 Å². The zero-order chi connectivity index (χ0) is 21.4. The van der Waals surface area contributed by atoms with Crippen LogP contribution in [0.5, 0.6) is 0 Å². The van der Waals surface area contributed by atoms with Crippen LogP contribution in [-0.2, 0) is 5.41 Å². The lowest BCUT2D eigenvalue weighted by molar-refractivity contribution is 0.0916. The summed E-state index contributed by atoms with van der Waals surface area (Å²) >= 11 is 0. The van der Waals surface area contributed by atoms with Crippen LogP contribution in [-0.4, -0.2) is 26.7 Å². The number of nitrogens with one attached hydrogen (secondary N) is 2. The quantitative estimate of drug-likeness (QED) is 0.693. The molecule has 0 radical (unpaired) electrons. The van der Waals surface area contributed by atoms with Crippen molar-refractivity contribution in [3.8, 4) is 0 Å². The number of rotatable bonds is 3. The molecule has 0 aliphatic carbocycles. The lowest BCUT2D eigenvalue weighted by Crippen LogP contribution is -2.40. The summed E-state index contributed by atoms with van der Waals surface area (Å²) in [4.78, 5) is 30.2. The average Bonchev–Trinajstić information content (AvgIpc) is 3.00. The molecular weight excluding hydrogens is 364 g/mol. The highest BCUT2D eigenvalue weighted by molar-refractivity contribution is 6.06. The molecule has 1 aromatic carbocycles. The highest BCUT2D eigenvalue weighted by Crippen LogP contribution is 2.29. The second kappa shape index (κ2) is 7.35. The van der Waals surface area contributed by atoms with Crippen molar-refractivity contribution in [2.75, 3.05) is 5.32 Å². The molecule has 2 heterocycles. The van der Waals surface area contributed by atoms with Crippen LogP contribution in [0.2, 0.25) is 0 Å². The second-order valence-corrected chi connectivity index (χ2v) is 9.19. The second-order valence-electron chi connectivity index (χ2n) is 9.19. The molecule has 0 bridgehead atoms. The first-order valence-corrected chi connectivity index (χ1v) is 9.68. The zero-order valence-corrected chi connectivity index (χ0v) is 17.8. The predicted octanol–water partition coefficient (Wildman–Crippen LogP) is 4.41. The van der Waals surface area contributed by atoms with E-state index in [-0.39, 0.29) is 28.7 Å². The first kappa shape index (κ1) is 20.6. The lowest BCUT2D eigenvalue weighted by Gasteiger charge is -2.22. The Labute approximate surface area is 171 Å². The lowest BCUT2D eigenvalue weighted by atomic mass is 9.86. The third kappa shape index (κ3) is 4.47. The molecule has 29 heavy (non-hydrogen) atoms. The summed E-state index contributed by atoms with van der Waals surface area (Å²) in [5.74, 6) is -0.503. The number of hydrogen-bond acceptors (Lipinski definition) is 3. The first-order chi connectivity index (χ1) is 13.5. The molecule has 0 aliphatic heterocycles. The van der Waals surface area contributed by atoms with Gasteiger partial charge in [-0.25, -0.2) is 4.98 Å². The van der Waals surface area contributed by atoms with Gasteiger partial charge in [-0.1, -0.05) is 45.0 Å². The van der Waals surface area contributed by atoms with Crippen LogP contribution in [0.3, 0.4) is 0 Å². The average molecular weight is 393 g/mol. The van der Waals surface area contributed by atoms with E-state index in [4.69, 9.17) is 0 Å². The molecular formula is C23H28N4O2. The molecule has 3 rings (SSSR count). The normalized spacial score (nSPS) is 12.1. The largest absolute Gasteiger partial charge is 0.346 e. The minimum absolute atomic E-state index is 0.129. The summed E-state index contributed by atoms with van der Waals surface area (Å²) in [6, 6.07) is 13.1. The van der Waals surface area contributed by atoms with E-state index in [1.54, 1.807) is 22.7 Å². The minimum Gasteiger partial charge on any atom is -0.346 e. The smallest absolute Gasteiger partial charge is 0.292 e. The van der Waals surface area contributed by atoms with Crippen LogP contribution in [0.4, 0.5) is 5.69 Å². The van der Waals surface area contributed by atoms with E-state index in [1.165, 1.54) is 0 Å². The third-order valence-corrected chi connectivity index (χ3v) is 4.44. The maximum atomic E-state index is 13.1. The van der Waals surface area contributed by atoms with Crippen molar-refractivity contribution >= 4 is 23.0 Å². The van der Waals surface area contributed by atoms with Crippen molar-refractivity contribution in [2.45, 2.75) is 52.5 Å². The Balaban J connectivity index is 2.01. The van der Waals surface area contributed by atoms with E-state index in [2.05, 4.69) is 36.4 Å². The molecule has 0 saturated heterocycles. The number of benzene rings is 1. The van der Waals surface area contributed by atoms with Gasteiger partial charge in [-0.2, -0.15) is 0 Å². The number of anilines is 1. The maximum Gasteiger partial charge on any atom is 0.292 e. The Kier molecular flexibility index (Phi) is 5.22. The fraction of sp³-hybridized carbons (Fsp3) is 0.348. The Hall–Kier alpha value is -3.15. The Morgan fingerprint density at radius 2 is 1.55 bits per heavy atom. The monoisotopic (exact) mass is 392 g/mol. The van der Waals surface area contributed by atoms with Crippen molar-refractivity contribution in [1.82, 2.24) is 14.7 Å². The van der Waals surface area contributed by atoms with Crippen molar-refractivity contribution in [3.63, 3.8) is 0 Å². The minimum atomic E-state index is -0.407. The summed E-state index contributed by atoms with van der Waals surface area (Å²) in [5.41, 5.74) is 2.04. The van der Waals surface area contributed by atoms with Gasteiger partial charge in [-0.05, 0) is 49.9 Å². The van der Waals surface area contributed by atoms with Gasteiger partial charge < -0.3 is 10.6 Å². The molecule has 3 aromatic rings. The van der Waals surface area contributed by atoms with Gasteiger partial charge in [0.1, 0.15) is 0 Å². The van der Waals surface area contributed by atoms with Gasteiger partial charge in [-0.15, -0.1) is 0 Å². The molecule has 2 N–H and O–H groups in total. The van der Waals surface area contributed by atoms with Gasteiger partial charge in [-0.3, -0.25) is 14.0 Å². The number of amides is 2.